The number of carbonyl (C=O) groups excluding carboxylic acids is 2. The summed E-state index contributed by atoms with van der Waals surface area (Å²) in [5.41, 5.74) is 1.07. The standard InChI is InChI=1S/C26H36FN3O5S/c1-6-19(2)28-26(32)20(3)29(18-21-13-15-22(27)16-14-21)25(31)12-9-17-30(36(5,33)34)23-10-7-8-11-24(23)35-4/h7-8,10-11,13-16,19-20H,6,9,12,17-18H2,1-5H3,(H,28,32)/t19-,20+/m1/s1. The number of amides is 2. The molecule has 0 fully saturated rings. The number of nitrogens with one attached hydrogen (secondary N) is 1. The van der Waals surface area contributed by atoms with Crippen molar-refractivity contribution in [3.05, 3.63) is 59.9 Å². The highest BCUT2D eigenvalue weighted by Crippen LogP contribution is 2.29. The van der Waals surface area contributed by atoms with Crippen molar-refractivity contribution in [3.63, 3.8) is 0 Å². The number of hydrogen-bond acceptors (Lipinski definition) is 5. The van der Waals surface area contributed by atoms with Crippen LogP contribution in [0.25, 0.3) is 0 Å². The van der Waals surface area contributed by atoms with E-state index in [1.54, 1.807) is 43.3 Å². The lowest BCUT2D eigenvalue weighted by Crippen LogP contribution is -2.49. The highest BCUT2D eigenvalue weighted by Gasteiger charge is 2.27. The van der Waals surface area contributed by atoms with Gasteiger partial charge in [-0.3, -0.25) is 13.9 Å². The van der Waals surface area contributed by atoms with Gasteiger partial charge < -0.3 is 15.0 Å². The quantitative estimate of drug-likeness (QED) is 0.434. The fourth-order valence-corrected chi connectivity index (χ4v) is 4.62. The lowest BCUT2D eigenvalue weighted by molar-refractivity contribution is -0.140. The SMILES string of the molecule is CC[C@@H](C)NC(=O)[C@H](C)N(Cc1ccc(F)cc1)C(=O)CCCN(c1ccccc1OC)S(C)(=O)=O. The van der Waals surface area contributed by atoms with Gasteiger partial charge in [-0.25, -0.2) is 12.8 Å². The molecule has 0 spiro atoms. The van der Waals surface area contributed by atoms with Crippen molar-refractivity contribution in [2.75, 3.05) is 24.2 Å². The molecule has 2 atom stereocenters. The predicted octanol–water partition coefficient (Wildman–Crippen LogP) is 3.71. The van der Waals surface area contributed by atoms with Gasteiger partial charge >= 0.3 is 0 Å². The Morgan fingerprint density at radius 1 is 1.08 bits per heavy atom. The zero-order chi connectivity index (χ0) is 26.9. The molecule has 0 aliphatic rings. The number of anilines is 1. The molecule has 0 saturated heterocycles. The molecule has 1 N–H and O–H groups in total. The molecule has 198 valence electrons. The maximum Gasteiger partial charge on any atom is 0.242 e. The number of halogens is 1. The number of rotatable bonds is 13. The molecule has 0 aliphatic carbocycles. The number of sulfonamides is 1. The second-order valence-electron chi connectivity index (χ2n) is 8.75. The number of nitrogens with zero attached hydrogens (tertiary/aromatic N) is 2. The Balaban J connectivity index is 2.19. The summed E-state index contributed by atoms with van der Waals surface area (Å²) in [6.45, 7) is 5.66. The summed E-state index contributed by atoms with van der Waals surface area (Å²) in [7, 11) is -2.18. The second kappa shape index (κ2) is 13.2. The molecule has 2 rings (SSSR count). The average molecular weight is 522 g/mol. The summed E-state index contributed by atoms with van der Waals surface area (Å²) in [6, 6.07) is 11.7. The van der Waals surface area contributed by atoms with Crippen molar-refractivity contribution in [1.29, 1.82) is 0 Å². The topological polar surface area (TPSA) is 96.0 Å². The fraction of sp³-hybridized carbons (Fsp3) is 0.462. The molecule has 0 heterocycles. The van der Waals surface area contributed by atoms with Crippen LogP contribution in [0.15, 0.2) is 48.5 Å². The average Bonchev–Trinajstić information content (AvgIpc) is 2.84. The molecule has 8 nitrogen and oxygen atoms in total. The zero-order valence-electron chi connectivity index (χ0n) is 21.5. The summed E-state index contributed by atoms with van der Waals surface area (Å²) in [5.74, 6) is -0.579. The molecule has 2 aromatic rings. The van der Waals surface area contributed by atoms with Gasteiger partial charge in [0.15, 0.2) is 0 Å². The van der Waals surface area contributed by atoms with Crippen LogP contribution in [-0.4, -0.2) is 57.1 Å². The van der Waals surface area contributed by atoms with E-state index in [-0.39, 0.29) is 43.8 Å². The van der Waals surface area contributed by atoms with E-state index in [4.69, 9.17) is 4.74 Å². The van der Waals surface area contributed by atoms with E-state index in [1.807, 2.05) is 13.8 Å². The number of methoxy groups -OCH3 is 1. The first kappa shape index (κ1) is 29.1. The molecular weight excluding hydrogens is 485 g/mol. The molecule has 0 radical (unpaired) electrons. The van der Waals surface area contributed by atoms with Gasteiger partial charge in [0.05, 0.1) is 19.1 Å². The first-order valence-corrected chi connectivity index (χ1v) is 13.8. The van der Waals surface area contributed by atoms with Crippen molar-refractivity contribution >= 4 is 27.5 Å². The molecule has 2 aromatic carbocycles. The highest BCUT2D eigenvalue weighted by atomic mass is 32.2. The van der Waals surface area contributed by atoms with Crippen LogP contribution in [0, 0.1) is 5.82 Å². The third-order valence-electron chi connectivity index (χ3n) is 5.94. The van der Waals surface area contributed by atoms with Crippen LogP contribution in [0.5, 0.6) is 5.75 Å². The van der Waals surface area contributed by atoms with Gasteiger partial charge in [0.25, 0.3) is 0 Å². The minimum absolute atomic E-state index is 0.0172. The first-order chi connectivity index (χ1) is 17.0. The fourth-order valence-electron chi connectivity index (χ4n) is 3.65. The lowest BCUT2D eigenvalue weighted by atomic mass is 10.1. The highest BCUT2D eigenvalue weighted by molar-refractivity contribution is 7.92. The van der Waals surface area contributed by atoms with E-state index in [0.29, 0.717) is 17.0 Å². The van der Waals surface area contributed by atoms with Crippen molar-refractivity contribution in [2.24, 2.45) is 0 Å². The van der Waals surface area contributed by atoms with E-state index in [9.17, 15) is 22.4 Å². The van der Waals surface area contributed by atoms with Crippen LogP contribution in [0.4, 0.5) is 10.1 Å². The van der Waals surface area contributed by atoms with Gasteiger partial charge in [-0.1, -0.05) is 31.2 Å². The smallest absolute Gasteiger partial charge is 0.242 e. The van der Waals surface area contributed by atoms with E-state index < -0.39 is 21.9 Å². The molecule has 0 aliphatic heterocycles. The molecule has 0 saturated carbocycles. The van der Waals surface area contributed by atoms with Crippen LogP contribution in [0.3, 0.4) is 0 Å². The largest absolute Gasteiger partial charge is 0.495 e. The Morgan fingerprint density at radius 3 is 2.31 bits per heavy atom. The van der Waals surface area contributed by atoms with Crippen LogP contribution >= 0.6 is 0 Å². The van der Waals surface area contributed by atoms with Crippen LogP contribution < -0.4 is 14.4 Å². The van der Waals surface area contributed by atoms with Gasteiger partial charge in [0.1, 0.15) is 17.6 Å². The summed E-state index contributed by atoms with van der Waals surface area (Å²) in [5, 5.41) is 2.89. The maximum atomic E-state index is 13.4. The summed E-state index contributed by atoms with van der Waals surface area (Å²) in [6.07, 6.45) is 2.09. The van der Waals surface area contributed by atoms with Gasteiger partial charge in [0.2, 0.25) is 21.8 Å². The van der Waals surface area contributed by atoms with Gasteiger partial charge in [-0.2, -0.15) is 0 Å². The minimum Gasteiger partial charge on any atom is -0.495 e. The van der Waals surface area contributed by atoms with Crippen LogP contribution in [0.1, 0.15) is 45.6 Å². The predicted molar refractivity (Wildman–Crippen MR) is 139 cm³/mol. The van der Waals surface area contributed by atoms with E-state index >= 15 is 0 Å². The molecule has 0 aromatic heterocycles. The normalized spacial score (nSPS) is 12.9. The molecule has 2 amide bonds. The number of benzene rings is 2. The Labute approximate surface area is 213 Å². The Hall–Kier alpha value is -3.14. The summed E-state index contributed by atoms with van der Waals surface area (Å²) in [4.78, 5) is 27.5. The van der Waals surface area contributed by atoms with Crippen molar-refractivity contribution in [2.45, 2.75) is 58.7 Å². The van der Waals surface area contributed by atoms with E-state index in [1.165, 1.54) is 28.4 Å². The third kappa shape index (κ3) is 8.22. The monoisotopic (exact) mass is 521 g/mol. The van der Waals surface area contributed by atoms with E-state index in [0.717, 1.165) is 12.7 Å². The minimum atomic E-state index is -3.64. The number of hydrogen-bond donors (Lipinski definition) is 1. The molecule has 0 bridgehead atoms. The third-order valence-corrected chi connectivity index (χ3v) is 7.12. The van der Waals surface area contributed by atoms with Gasteiger partial charge in [0, 0.05) is 25.6 Å². The Kier molecular flexibility index (Phi) is 10.7. The summed E-state index contributed by atoms with van der Waals surface area (Å²) >= 11 is 0. The first-order valence-electron chi connectivity index (χ1n) is 11.9. The molecule has 0 unspecified atom stereocenters. The van der Waals surface area contributed by atoms with Crippen molar-refractivity contribution < 1.29 is 27.1 Å². The number of carbonyl (C=O) groups is 2. The Morgan fingerprint density at radius 2 is 1.72 bits per heavy atom. The zero-order valence-corrected chi connectivity index (χ0v) is 22.3. The molecule has 36 heavy (non-hydrogen) atoms. The number of ether oxygens (including phenoxy) is 1. The maximum absolute atomic E-state index is 13.4. The van der Waals surface area contributed by atoms with Crippen molar-refractivity contribution in [1.82, 2.24) is 10.2 Å². The van der Waals surface area contributed by atoms with Crippen LogP contribution in [-0.2, 0) is 26.2 Å². The van der Waals surface area contributed by atoms with E-state index in [2.05, 4.69) is 5.32 Å². The van der Waals surface area contributed by atoms with Crippen molar-refractivity contribution in [3.8, 4) is 5.75 Å². The lowest BCUT2D eigenvalue weighted by Gasteiger charge is -2.30. The van der Waals surface area contributed by atoms with Gasteiger partial charge in [-0.05, 0) is 56.5 Å². The molecule has 10 heteroatoms. The van der Waals surface area contributed by atoms with Crippen LogP contribution in [0.2, 0.25) is 0 Å². The number of para-hydroxylation sites is 2. The van der Waals surface area contributed by atoms with Gasteiger partial charge in [-0.15, -0.1) is 0 Å². The second-order valence-corrected chi connectivity index (χ2v) is 10.7. The molecular formula is C26H36FN3O5S. The summed E-state index contributed by atoms with van der Waals surface area (Å²) < 4.78 is 44.9. The Bertz CT molecular complexity index is 1120.